The molecule has 0 aliphatic heterocycles. The first-order valence-electron chi connectivity index (χ1n) is 24.8. The van der Waals surface area contributed by atoms with E-state index >= 15 is 0 Å². The highest BCUT2D eigenvalue weighted by molar-refractivity contribution is 5.85. The molecule has 0 amide bonds. The standard InChI is InChI=1S/C65H69N3/c1-11-67(63-59(44(2)3)40-57(41-60(63)45(4)5)54-21-14-12-15-22-54)48(10)53-33-29-49(30-34-53)25-27-51-19-18-20-52(39-51)28-26-50-31-35-56(36-32-50)65-66-37-38-68(65)64-61(46(6)7)42-58(43-62(64)47(8)9)55-23-16-13-17-24-55/h11-24,29-47H,1,10,25-28H2,2-9H3. The molecule has 0 aliphatic carbocycles. The second kappa shape index (κ2) is 21.3. The van der Waals surface area contributed by atoms with E-state index in [0.29, 0.717) is 23.7 Å². The Morgan fingerprint density at radius 2 is 0.926 bits per heavy atom. The quantitative estimate of drug-likeness (QED) is 0.0856. The Morgan fingerprint density at radius 3 is 1.38 bits per heavy atom. The van der Waals surface area contributed by atoms with Crippen molar-refractivity contribution in [3.05, 3.63) is 240 Å². The van der Waals surface area contributed by atoms with Gasteiger partial charge in [-0.15, -0.1) is 0 Å². The van der Waals surface area contributed by atoms with E-state index in [9.17, 15) is 0 Å². The molecule has 68 heavy (non-hydrogen) atoms. The van der Waals surface area contributed by atoms with E-state index < -0.39 is 0 Å². The Labute approximate surface area is 407 Å². The Morgan fingerprint density at radius 1 is 0.485 bits per heavy atom. The van der Waals surface area contributed by atoms with Gasteiger partial charge in [-0.25, -0.2) is 4.98 Å². The number of benzene rings is 7. The molecule has 0 saturated heterocycles. The van der Waals surface area contributed by atoms with Crippen molar-refractivity contribution in [1.29, 1.82) is 0 Å². The van der Waals surface area contributed by atoms with E-state index in [1.165, 1.54) is 78.1 Å². The van der Waals surface area contributed by atoms with Gasteiger partial charge >= 0.3 is 0 Å². The van der Waals surface area contributed by atoms with Crippen LogP contribution in [0.3, 0.4) is 0 Å². The summed E-state index contributed by atoms with van der Waals surface area (Å²) in [6.45, 7) is 27.2. The fourth-order valence-electron chi connectivity index (χ4n) is 9.65. The van der Waals surface area contributed by atoms with Crippen LogP contribution in [0.4, 0.5) is 5.69 Å². The van der Waals surface area contributed by atoms with Gasteiger partial charge in [0.2, 0.25) is 0 Å². The molecule has 3 nitrogen and oxygen atoms in total. The highest BCUT2D eigenvalue weighted by Crippen LogP contribution is 2.43. The predicted molar refractivity (Wildman–Crippen MR) is 292 cm³/mol. The van der Waals surface area contributed by atoms with E-state index in [0.717, 1.165) is 48.3 Å². The van der Waals surface area contributed by atoms with Gasteiger partial charge in [0.1, 0.15) is 5.82 Å². The van der Waals surface area contributed by atoms with Crippen LogP contribution in [-0.2, 0) is 25.7 Å². The summed E-state index contributed by atoms with van der Waals surface area (Å²) in [5.74, 6) is 2.32. The summed E-state index contributed by atoms with van der Waals surface area (Å²) in [5.41, 5.74) is 21.3. The van der Waals surface area contributed by atoms with Crippen molar-refractivity contribution >= 4 is 11.4 Å². The second-order valence-electron chi connectivity index (χ2n) is 19.7. The molecule has 0 spiro atoms. The van der Waals surface area contributed by atoms with Crippen LogP contribution in [0, 0.1) is 0 Å². The zero-order chi connectivity index (χ0) is 47.9. The summed E-state index contributed by atoms with van der Waals surface area (Å²) in [6.07, 6.45) is 9.95. The van der Waals surface area contributed by atoms with E-state index in [-0.39, 0.29) is 0 Å². The highest BCUT2D eigenvalue weighted by atomic mass is 15.1. The zero-order valence-electron chi connectivity index (χ0n) is 41.6. The minimum absolute atomic E-state index is 0.323. The van der Waals surface area contributed by atoms with Gasteiger partial charge in [-0.2, -0.15) is 0 Å². The molecule has 0 saturated carbocycles. The lowest BCUT2D eigenvalue weighted by molar-refractivity contribution is 0.807. The number of hydrogen-bond donors (Lipinski definition) is 0. The van der Waals surface area contributed by atoms with Crippen molar-refractivity contribution in [2.75, 3.05) is 4.90 Å². The topological polar surface area (TPSA) is 21.1 Å². The number of aryl methyl sites for hydroxylation is 4. The van der Waals surface area contributed by atoms with Gasteiger partial charge in [-0.05, 0) is 146 Å². The van der Waals surface area contributed by atoms with Crippen molar-refractivity contribution in [3.8, 4) is 39.3 Å². The van der Waals surface area contributed by atoms with Gasteiger partial charge in [-0.3, -0.25) is 4.57 Å². The van der Waals surface area contributed by atoms with Crippen LogP contribution in [0.2, 0.25) is 0 Å². The molecule has 1 heterocycles. The molecule has 3 heteroatoms. The number of aromatic nitrogens is 2. The molecule has 8 aromatic rings. The van der Waals surface area contributed by atoms with Crippen molar-refractivity contribution in [2.45, 2.75) is 105 Å². The third-order valence-electron chi connectivity index (χ3n) is 13.5. The Hall–Kier alpha value is -6.97. The first-order valence-corrected chi connectivity index (χ1v) is 24.8. The van der Waals surface area contributed by atoms with Crippen LogP contribution >= 0.6 is 0 Å². The molecule has 0 aliphatic rings. The maximum atomic E-state index is 4.93. The third kappa shape index (κ3) is 10.6. The molecule has 0 unspecified atom stereocenters. The first kappa shape index (κ1) is 47.5. The number of hydrogen-bond acceptors (Lipinski definition) is 2. The van der Waals surface area contributed by atoms with Gasteiger partial charge in [0, 0.05) is 29.9 Å². The molecule has 344 valence electrons. The predicted octanol–water partition coefficient (Wildman–Crippen LogP) is 17.6. The first-order chi connectivity index (χ1) is 32.9. The lowest BCUT2D eigenvalue weighted by Crippen LogP contribution is -2.18. The monoisotopic (exact) mass is 892 g/mol. The average Bonchev–Trinajstić information content (AvgIpc) is 3.85. The minimum Gasteiger partial charge on any atom is -0.317 e. The molecule has 0 fully saturated rings. The fourth-order valence-corrected chi connectivity index (χ4v) is 9.65. The van der Waals surface area contributed by atoms with Crippen molar-refractivity contribution in [3.63, 3.8) is 0 Å². The fraction of sp³-hybridized carbons (Fsp3) is 0.246. The number of anilines is 1. The highest BCUT2D eigenvalue weighted by Gasteiger charge is 2.24. The van der Waals surface area contributed by atoms with Crippen molar-refractivity contribution in [1.82, 2.24) is 9.55 Å². The summed E-state index contributed by atoms with van der Waals surface area (Å²) in [6, 6.07) is 58.1. The Bertz CT molecular complexity index is 2910. The normalized spacial score (nSPS) is 11.5. The van der Waals surface area contributed by atoms with Crippen LogP contribution in [0.1, 0.15) is 129 Å². The molecule has 1 aromatic heterocycles. The summed E-state index contributed by atoms with van der Waals surface area (Å²) in [7, 11) is 0. The second-order valence-corrected chi connectivity index (χ2v) is 19.7. The smallest absolute Gasteiger partial charge is 0.144 e. The lowest BCUT2D eigenvalue weighted by atomic mass is 9.87. The van der Waals surface area contributed by atoms with Gasteiger partial charge in [0.05, 0.1) is 11.4 Å². The van der Waals surface area contributed by atoms with Crippen LogP contribution in [-0.4, -0.2) is 9.55 Å². The third-order valence-corrected chi connectivity index (χ3v) is 13.5. The zero-order valence-corrected chi connectivity index (χ0v) is 41.6. The van der Waals surface area contributed by atoms with E-state index in [1.54, 1.807) is 0 Å². The molecule has 8 rings (SSSR count). The molecule has 0 N–H and O–H groups in total. The van der Waals surface area contributed by atoms with Gasteiger partial charge < -0.3 is 4.90 Å². The summed E-state index contributed by atoms with van der Waals surface area (Å²) >= 11 is 0. The summed E-state index contributed by atoms with van der Waals surface area (Å²) in [4.78, 5) is 7.14. The molecule has 7 aromatic carbocycles. The van der Waals surface area contributed by atoms with Gasteiger partial charge in [0.25, 0.3) is 0 Å². The summed E-state index contributed by atoms with van der Waals surface area (Å²) < 4.78 is 2.32. The maximum absolute atomic E-state index is 4.93. The lowest BCUT2D eigenvalue weighted by Gasteiger charge is -2.31. The van der Waals surface area contributed by atoms with Crippen LogP contribution in [0.15, 0.2) is 189 Å². The van der Waals surface area contributed by atoms with Gasteiger partial charge in [0.15, 0.2) is 0 Å². The van der Waals surface area contributed by atoms with Crippen LogP contribution in [0.25, 0.3) is 45.0 Å². The Kier molecular flexibility index (Phi) is 14.9. The molecule has 0 atom stereocenters. The van der Waals surface area contributed by atoms with E-state index in [2.05, 4.69) is 242 Å². The molecule has 0 radical (unpaired) electrons. The average molecular weight is 892 g/mol. The van der Waals surface area contributed by atoms with Crippen molar-refractivity contribution < 1.29 is 0 Å². The molecular formula is C65H69N3. The number of imidazole rings is 1. The largest absolute Gasteiger partial charge is 0.317 e. The van der Waals surface area contributed by atoms with E-state index in [1.807, 2.05) is 12.4 Å². The summed E-state index contributed by atoms with van der Waals surface area (Å²) in [5, 5.41) is 0. The van der Waals surface area contributed by atoms with Crippen molar-refractivity contribution in [2.24, 2.45) is 0 Å². The number of rotatable bonds is 18. The van der Waals surface area contributed by atoms with Crippen LogP contribution in [0.5, 0.6) is 0 Å². The molecular weight excluding hydrogens is 823 g/mol. The van der Waals surface area contributed by atoms with E-state index in [4.69, 9.17) is 4.98 Å². The Balaban J connectivity index is 0.921. The maximum Gasteiger partial charge on any atom is 0.144 e. The minimum atomic E-state index is 0.323. The van der Waals surface area contributed by atoms with Gasteiger partial charge in [-0.1, -0.05) is 202 Å². The van der Waals surface area contributed by atoms with Crippen LogP contribution < -0.4 is 4.90 Å². The number of nitrogens with zero attached hydrogens (tertiary/aromatic N) is 3. The molecule has 0 bridgehead atoms. The SMILES string of the molecule is C=CN(C(=C)c1ccc(CCc2cccc(CCc3ccc(-c4nccn4-c4c(C(C)C)cc(-c5ccccc5)cc4C(C)C)cc3)c2)cc1)c1c(C(C)C)cc(-c2ccccc2)cc1C(C)C.